The highest BCUT2D eigenvalue weighted by Crippen LogP contribution is 2.36. The Morgan fingerprint density at radius 2 is 2.04 bits per heavy atom. The van der Waals surface area contributed by atoms with Crippen molar-refractivity contribution in [2.45, 2.75) is 25.7 Å². The van der Waals surface area contributed by atoms with E-state index >= 15 is 0 Å². The summed E-state index contributed by atoms with van der Waals surface area (Å²) in [7, 11) is 0. The lowest BCUT2D eigenvalue weighted by atomic mass is 9.79. The lowest BCUT2D eigenvalue weighted by molar-refractivity contribution is -0.136. The number of piperidine rings is 1. The second-order valence-electron chi connectivity index (χ2n) is 8.03. The molecule has 1 aromatic carbocycles. The monoisotopic (exact) mass is 397 g/mol. The van der Waals surface area contributed by atoms with E-state index in [0.717, 1.165) is 37.1 Å². The minimum atomic E-state index is -0.670. The number of benzene rings is 1. The van der Waals surface area contributed by atoms with E-state index in [1.54, 1.807) is 11.3 Å². The lowest BCUT2D eigenvalue weighted by Crippen LogP contribution is -2.45. The maximum Gasteiger partial charge on any atom is 0.225 e. The number of hydrogen-bond acceptors (Lipinski definition) is 4. The molecule has 3 heterocycles. The summed E-state index contributed by atoms with van der Waals surface area (Å²) in [6.45, 7) is 2.84. The number of nitrogens with zero attached hydrogens (tertiary/aromatic N) is 1. The van der Waals surface area contributed by atoms with Gasteiger partial charge in [-0.1, -0.05) is 30.3 Å². The van der Waals surface area contributed by atoms with Gasteiger partial charge in [0.15, 0.2) is 0 Å². The van der Waals surface area contributed by atoms with Crippen molar-refractivity contribution >= 4 is 23.2 Å². The van der Waals surface area contributed by atoms with Gasteiger partial charge in [0.25, 0.3) is 0 Å². The molecule has 3 N–H and O–H groups in total. The highest BCUT2D eigenvalue weighted by molar-refractivity contribution is 7.13. The minimum absolute atomic E-state index is 0.0760. The van der Waals surface area contributed by atoms with E-state index < -0.39 is 5.41 Å². The van der Waals surface area contributed by atoms with Crippen LogP contribution in [0.3, 0.4) is 0 Å². The van der Waals surface area contributed by atoms with Crippen LogP contribution in [0.4, 0.5) is 0 Å². The van der Waals surface area contributed by atoms with Crippen molar-refractivity contribution in [3.63, 3.8) is 0 Å². The summed E-state index contributed by atoms with van der Waals surface area (Å²) in [5.74, 6) is -0.0290. The minimum Gasteiger partial charge on any atom is -0.369 e. The Morgan fingerprint density at radius 1 is 1.21 bits per heavy atom. The van der Waals surface area contributed by atoms with Crippen LogP contribution in [-0.4, -0.2) is 42.9 Å². The van der Waals surface area contributed by atoms with Gasteiger partial charge in [-0.2, -0.15) is 0 Å². The Kier molecular flexibility index (Phi) is 5.51. The van der Waals surface area contributed by atoms with Crippen LogP contribution in [0, 0.1) is 11.3 Å². The average molecular weight is 398 g/mol. The number of primary amides is 1. The van der Waals surface area contributed by atoms with Crippen LogP contribution in [0.5, 0.6) is 0 Å². The second kappa shape index (κ2) is 8.05. The number of carbonyl (C=O) groups is 2. The number of amides is 2. The van der Waals surface area contributed by atoms with E-state index in [1.807, 2.05) is 17.0 Å². The normalized spacial score (nSPS) is 23.1. The molecular weight excluding hydrogens is 370 g/mol. The Morgan fingerprint density at radius 3 is 2.75 bits per heavy atom. The number of thiophene rings is 1. The molecule has 4 rings (SSSR count). The molecule has 0 spiro atoms. The largest absolute Gasteiger partial charge is 0.369 e. The maximum atomic E-state index is 12.9. The Balaban J connectivity index is 1.51. The van der Waals surface area contributed by atoms with Crippen molar-refractivity contribution in [2.24, 2.45) is 17.1 Å². The number of rotatable bonds is 5. The highest BCUT2D eigenvalue weighted by Gasteiger charge is 2.45. The predicted molar refractivity (Wildman–Crippen MR) is 112 cm³/mol. The fourth-order valence-corrected chi connectivity index (χ4v) is 5.21. The number of nitrogens with one attached hydrogen (secondary N) is 1. The first-order valence-corrected chi connectivity index (χ1v) is 10.9. The van der Waals surface area contributed by atoms with Crippen molar-refractivity contribution in [1.29, 1.82) is 0 Å². The van der Waals surface area contributed by atoms with Gasteiger partial charge in [-0.3, -0.25) is 9.59 Å². The molecule has 2 aliphatic rings. The van der Waals surface area contributed by atoms with Crippen LogP contribution >= 0.6 is 11.3 Å². The van der Waals surface area contributed by atoms with Crippen LogP contribution in [0.2, 0.25) is 0 Å². The van der Waals surface area contributed by atoms with Crippen molar-refractivity contribution in [1.82, 2.24) is 10.2 Å². The zero-order valence-corrected chi connectivity index (χ0v) is 16.8. The highest BCUT2D eigenvalue weighted by atomic mass is 32.1. The Labute approximate surface area is 169 Å². The molecule has 0 unspecified atom stereocenters. The first kappa shape index (κ1) is 19.2. The van der Waals surface area contributed by atoms with Gasteiger partial charge in [-0.25, -0.2) is 0 Å². The molecule has 0 aliphatic carbocycles. The first-order valence-electron chi connectivity index (χ1n) is 10.00. The lowest BCUT2D eigenvalue weighted by Gasteiger charge is -2.29. The third-order valence-electron chi connectivity index (χ3n) is 6.15. The topological polar surface area (TPSA) is 75.4 Å². The number of likely N-dealkylation sites (tertiary alicyclic amines) is 1. The summed E-state index contributed by atoms with van der Waals surface area (Å²) in [5, 5.41) is 5.36. The zero-order valence-electron chi connectivity index (χ0n) is 16.0. The summed E-state index contributed by atoms with van der Waals surface area (Å²) >= 11 is 1.70. The molecule has 0 radical (unpaired) electrons. The molecule has 2 aliphatic heterocycles. The molecule has 2 amide bonds. The molecule has 5 nitrogen and oxygen atoms in total. The molecule has 1 aromatic heterocycles. The van der Waals surface area contributed by atoms with Crippen molar-refractivity contribution in [3.8, 4) is 10.4 Å². The van der Waals surface area contributed by atoms with Crippen LogP contribution in [0.15, 0.2) is 41.8 Å². The molecule has 2 fully saturated rings. The van der Waals surface area contributed by atoms with Gasteiger partial charge in [0.2, 0.25) is 11.8 Å². The zero-order chi connectivity index (χ0) is 19.6. The standard InChI is InChI=1S/C22H27N3O2S/c23-21(27)22(8-11-25(15-22)20(26)17-6-9-24-10-7-17)14-16-3-1-4-18(13-16)19-5-2-12-28-19/h1-5,12-13,17,24H,6-11,14-15H2,(H2,23,27)/t22-/m0/s1. The van der Waals surface area contributed by atoms with E-state index in [1.165, 1.54) is 4.88 Å². The number of carbonyl (C=O) groups excluding carboxylic acids is 2. The van der Waals surface area contributed by atoms with Gasteiger partial charge in [-0.05, 0) is 61.3 Å². The Bertz CT molecular complexity index is 845. The van der Waals surface area contributed by atoms with Crippen molar-refractivity contribution < 1.29 is 9.59 Å². The third-order valence-corrected chi connectivity index (χ3v) is 7.07. The van der Waals surface area contributed by atoms with Gasteiger partial charge in [0, 0.05) is 23.9 Å². The van der Waals surface area contributed by atoms with Crippen molar-refractivity contribution in [3.05, 3.63) is 47.3 Å². The van der Waals surface area contributed by atoms with Crippen LogP contribution in [0.1, 0.15) is 24.8 Å². The summed E-state index contributed by atoms with van der Waals surface area (Å²) in [4.78, 5) is 28.5. The molecule has 6 heteroatoms. The molecule has 148 valence electrons. The molecule has 28 heavy (non-hydrogen) atoms. The van der Waals surface area contributed by atoms with Crippen LogP contribution in [-0.2, 0) is 16.0 Å². The second-order valence-corrected chi connectivity index (χ2v) is 8.98. The predicted octanol–water partition coefficient (Wildman–Crippen LogP) is 2.66. The average Bonchev–Trinajstić information content (AvgIpc) is 3.39. The van der Waals surface area contributed by atoms with Gasteiger partial charge in [-0.15, -0.1) is 11.3 Å². The molecular formula is C22H27N3O2S. The Hall–Kier alpha value is -2.18. The SMILES string of the molecule is NC(=O)[C@]1(Cc2cccc(-c3cccs3)c2)CCN(C(=O)C2CCNCC2)C1. The summed E-state index contributed by atoms with van der Waals surface area (Å²) in [6, 6.07) is 12.5. The fourth-order valence-electron chi connectivity index (χ4n) is 4.49. The molecule has 1 atom stereocenters. The number of nitrogens with two attached hydrogens (primary N) is 1. The van der Waals surface area contributed by atoms with E-state index in [9.17, 15) is 9.59 Å². The van der Waals surface area contributed by atoms with Gasteiger partial charge >= 0.3 is 0 Å². The van der Waals surface area contributed by atoms with Gasteiger partial charge in [0.05, 0.1) is 5.41 Å². The first-order chi connectivity index (χ1) is 13.6. The smallest absolute Gasteiger partial charge is 0.225 e. The maximum absolute atomic E-state index is 12.9. The summed E-state index contributed by atoms with van der Waals surface area (Å²) in [5.41, 5.74) is 7.46. The fraction of sp³-hybridized carbons (Fsp3) is 0.455. The summed E-state index contributed by atoms with van der Waals surface area (Å²) < 4.78 is 0. The van der Waals surface area contributed by atoms with E-state index in [0.29, 0.717) is 25.9 Å². The van der Waals surface area contributed by atoms with Crippen molar-refractivity contribution in [2.75, 3.05) is 26.2 Å². The summed E-state index contributed by atoms with van der Waals surface area (Å²) in [6.07, 6.45) is 2.98. The molecule has 2 saturated heterocycles. The van der Waals surface area contributed by atoms with E-state index in [2.05, 4.69) is 35.0 Å². The van der Waals surface area contributed by atoms with Gasteiger partial charge < -0.3 is 16.0 Å². The number of hydrogen-bond donors (Lipinski definition) is 2. The molecule has 0 saturated carbocycles. The molecule has 2 aromatic rings. The van der Waals surface area contributed by atoms with Crippen LogP contribution < -0.4 is 11.1 Å². The van der Waals surface area contributed by atoms with Crippen LogP contribution in [0.25, 0.3) is 10.4 Å². The quantitative estimate of drug-likeness (QED) is 0.814. The van der Waals surface area contributed by atoms with Gasteiger partial charge in [0.1, 0.15) is 0 Å². The van der Waals surface area contributed by atoms with E-state index in [-0.39, 0.29) is 17.7 Å². The van der Waals surface area contributed by atoms with E-state index in [4.69, 9.17) is 5.73 Å². The molecule has 0 bridgehead atoms. The third kappa shape index (κ3) is 3.84.